The van der Waals surface area contributed by atoms with Crippen LogP contribution < -0.4 is 19.5 Å². The zero-order valence-electron chi connectivity index (χ0n) is 16.2. The highest BCUT2D eigenvalue weighted by Crippen LogP contribution is 2.28. The van der Waals surface area contributed by atoms with Gasteiger partial charge in [-0.15, -0.1) is 6.58 Å². The van der Waals surface area contributed by atoms with Crippen molar-refractivity contribution in [2.75, 3.05) is 27.9 Å². The van der Waals surface area contributed by atoms with E-state index < -0.39 is 0 Å². The number of hydrogen-bond donors (Lipinski definition) is 1. The Bertz CT molecular complexity index is 786. The van der Waals surface area contributed by atoms with E-state index in [1.807, 2.05) is 30.3 Å². The quantitative estimate of drug-likeness (QED) is 0.511. The van der Waals surface area contributed by atoms with Crippen molar-refractivity contribution in [2.24, 2.45) is 0 Å². The average molecular weight is 369 g/mol. The van der Waals surface area contributed by atoms with Crippen LogP contribution in [0.4, 0.5) is 0 Å². The van der Waals surface area contributed by atoms with Crippen LogP contribution in [0.25, 0.3) is 0 Å². The predicted molar refractivity (Wildman–Crippen MR) is 107 cm³/mol. The molecule has 2 aromatic carbocycles. The van der Waals surface area contributed by atoms with Gasteiger partial charge in [-0.25, -0.2) is 0 Å². The molecule has 0 fully saturated rings. The number of allylic oxidation sites excluding steroid dienone is 1. The number of ether oxygens (including phenoxy) is 3. The SMILES string of the molecule is C=CCc1cc(C(=O)NCCCc2ccc(OC)c(OC)c2)ccc1OC. The van der Waals surface area contributed by atoms with E-state index in [0.29, 0.717) is 30.0 Å². The van der Waals surface area contributed by atoms with Crippen LogP contribution >= 0.6 is 0 Å². The Kier molecular flexibility index (Phi) is 7.74. The summed E-state index contributed by atoms with van der Waals surface area (Å²) in [6.07, 6.45) is 4.12. The summed E-state index contributed by atoms with van der Waals surface area (Å²) in [5.74, 6) is 2.10. The lowest BCUT2D eigenvalue weighted by atomic mass is 10.1. The maximum Gasteiger partial charge on any atom is 0.251 e. The van der Waals surface area contributed by atoms with E-state index in [1.54, 1.807) is 33.5 Å². The van der Waals surface area contributed by atoms with Gasteiger partial charge in [-0.2, -0.15) is 0 Å². The van der Waals surface area contributed by atoms with Gasteiger partial charge in [0.15, 0.2) is 11.5 Å². The fourth-order valence-corrected chi connectivity index (χ4v) is 2.87. The summed E-state index contributed by atoms with van der Waals surface area (Å²) in [4.78, 5) is 12.4. The Hall–Kier alpha value is -2.95. The third-order valence-electron chi connectivity index (χ3n) is 4.28. The molecule has 0 unspecified atom stereocenters. The highest BCUT2D eigenvalue weighted by Gasteiger charge is 2.10. The van der Waals surface area contributed by atoms with Crippen LogP contribution in [0.5, 0.6) is 17.2 Å². The maximum absolute atomic E-state index is 12.4. The van der Waals surface area contributed by atoms with Crippen LogP contribution in [-0.4, -0.2) is 33.8 Å². The van der Waals surface area contributed by atoms with Gasteiger partial charge >= 0.3 is 0 Å². The number of amides is 1. The van der Waals surface area contributed by atoms with E-state index in [0.717, 1.165) is 29.7 Å². The number of nitrogens with one attached hydrogen (secondary N) is 1. The number of methoxy groups -OCH3 is 3. The zero-order valence-corrected chi connectivity index (χ0v) is 16.2. The Morgan fingerprint density at radius 2 is 1.70 bits per heavy atom. The lowest BCUT2D eigenvalue weighted by Crippen LogP contribution is -2.24. The van der Waals surface area contributed by atoms with Crippen LogP contribution in [0.3, 0.4) is 0 Å². The van der Waals surface area contributed by atoms with E-state index in [1.165, 1.54) is 0 Å². The van der Waals surface area contributed by atoms with Crippen molar-refractivity contribution in [1.29, 1.82) is 0 Å². The van der Waals surface area contributed by atoms with Crippen molar-refractivity contribution in [3.63, 3.8) is 0 Å². The second kappa shape index (κ2) is 10.3. The van der Waals surface area contributed by atoms with E-state index in [-0.39, 0.29) is 5.91 Å². The molecule has 0 aliphatic heterocycles. The minimum absolute atomic E-state index is 0.0877. The molecule has 0 saturated heterocycles. The topological polar surface area (TPSA) is 56.8 Å². The highest BCUT2D eigenvalue weighted by atomic mass is 16.5. The third kappa shape index (κ3) is 5.51. The summed E-state index contributed by atoms with van der Waals surface area (Å²) in [7, 11) is 4.86. The van der Waals surface area contributed by atoms with Gasteiger partial charge in [0.2, 0.25) is 0 Å². The maximum atomic E-state index is 12.4. The van der Waals surface area contributed by atoms with Gasteiger partial charge in [-0.1, -0.05) is 12.1 Å². The van der Waals surface area contributed by atoms with Gasteiger partial charge in [0.05, 0.1) is 21.3 Å². The Balaban J connectivity index is 1.89. The number of aryl methyl sites for hydroxylation is 1. The van der Waals surface area contributed by atoms with Crippen LogP contribution in [0.1, 0.15) is 27.9 Å². The van der Waals surface area contributed by atoms with Gasteiger partial charge in [0.1, 0.15) is 5.75 Å². The highest BCUT2D eigenvalue weighted by molar-refractivity contribution is 5.94. The molecule has 0 aliphatic carbocycles. The van der Waals surface area contributed by atoms with Gasteiger partial charge in [-0.05, 0) is 60.7 Å². The first-order valence-corrected chi connectivity index (χ1v) is 8.89. The summed E-state index contributed by atoms with van der Waals surface area (Å²) in [5.41, 5.74) is 2.71. The molecule has 144 valence electrons. The molecular weight excluding hydrogens is 342 g/mol. The summed E-state index contributed by atoms with van der Waals surface area (Å²) in [6, 6.07) is 11.3. The molecular formula is C22H27NO4. The molecule has 0 aliphatic rings. The predicted octanol–water partition coefficient (Wildman–Crippen LogP) is 3.80. The molecule has 5 heteroatoms. The summed E-state index contributed by atoms with van der Waals surface area (Å²) in [5, 5.41) is 2.97. The molecule has 1 N–H and O–H groups in total. The van der Waals surface area contributed by atoms with Gasteiger partial charge in [-0.3, -0.25) is 4.79 Å². The van der Waals surface area contributed by atoms with Crippen LogP contribution in [0, 0.1) is 0 Å². The van der Waals surface area contributed by atoms with E-state index >= 15 is 0 Å². The van der Waals surface area contributed by atoms with Crippen LogP contribution in [0.2, 0.25) is 0 Å². The molecule has 0 atom stereocenters. The minimum Gasteiger partial charge on any atom is -0.496 e. The third-order valence-corrected chi connectivity index (χ3v) is 4.28. The van der Waals surface area contributed by atoms with Crippen molar-refractivity contribution < 1.29 is 19.0 Å². The van der Waals surface area contributed by atoms with E-state index in [2.05, 4.69) is 11.9 Å². The second-order valence-corrected chi connectivity index (χ2v) is 6.07. The van der Waals surface area contributed by atoms with Crippen LogP contribution in [-0.2, 0) is 12.8 Å². The van der Waals surface area contributed by atoms with Crippen molar-refractivity contribution >= 4 is 5.91 Å². The van der Waals surface area contributed by atoms with Gasteiger partial charge < -0.3 is 19.5 Å². The van der Waals surface area contributed by atoms with Gasteiger partial charge in [0.25, 0.3) is 5.91 Å². The Labute approximate surface area is 161 Å². The number of benzene rings is 2. The van der Waals surface area contributed by atoms with E-state index in [4.69, 9.17) is 14.2 Å². The Morgan fingerprint density at radius 1 is 1.00 bits per heavy atom. The van der Waals surface area contributed by atoms with Crippen molar-refractivity contribution in [3.8, 4) is 17.2 Å². The number of carbonyl (C=O) groups excluding carboxylic acids is 1. The molecule has 0 radical (unpaired) electrons. The second-order valence-electron chi connectivity index (χ2n) is 6.07. The van der Waals surface area contributed by atoms with Crippen molar-refractivity contribution in [1.82, 2.24) is 5.32 Å². The lowest BCUT2D eigenvalue weighted by molar-refractivity contribution is 0.0953. The Morgan fingerprint density at radius 3 is 2.37 bits per heavy atom. The standard InChI is InChI=1S/C22H27NO4/c1-5-7-17-15-18(10-12-19(17)25-2)22(24)23-13-6-8-16-9-11-20(26-3)21(14-16)27-4/h5,9-12,14-15H,1,6-8,13H2,2-4H3,(H,23,24). The van der Waals surface area contributed by atoms with Gasteiger partial charge in [0, 0.05) is 12.1 Å². The largest absolute Gasteiger partial charge is 0.496 e. The average Bonchev–Trinajstić information content (AvgIpc) is 2.71. The summed E-state index contributed by atoms with van der Waals surface area (Å²) >= 11 is 0. The molecule has 0 spiro atoms. The first-order valence-electron chi connectivity index (χ1n) is 8.89. The molecule has 27 heavy (non-hydrogen) atoms. The number of carbonyl (C=O) groups is 1. The molecule has 5 nitrogen and oxygen atoms in total. The molecule has 2 rings (SSSR count). The molecule has 1 amide bonds. The fourth-order valence-electron chi connectivity index (χ4n) is 2.87. The fraction of sp³-hybridized carbons (Fsp3) is 0.318. The summed E-state index contributed by atoms with van der Waals surface area (Å²) < 4.78 is 15.9. The molecule has 0 aromatic heterocycles. The minimum atomic E-state index is -0.0877. The first kappa shape index (κ1) is 20.4. The number of hydrogen-bond acceptors (Lipinski definition) is 4. The van der Waals surface area contributed by atoms with Crippen LogP contribution in [0.15, 0.2) is 49.1 Å². The summed E-state index contributed by atoms with van der Waals surface area (Å²) in [6.45, 7) is 4.34. The normalized spacial score (nSPS) is 10.2. The molecule has 0 saturated carbocycles. The first-order chi connectivity index (χ1) is 13.1. The lowest BCUT2D eigenvalue weighted by Gasteiger charge is -2.11. The molecule has 2 aromatic rings. The monoisotopic (exact) mass is 369 g/mol. The number of rotatable bonds is 10. The van der Waals surface area contributed by atoms with Crippen molar-refractivity contribution in [3.05, 3.63) is 65.7 Å². The van der Waals surface area contributed by atoms with E-state index in [9.17, 15) is 4.79 Å². The zero-order chi connectivity index (χ0) is 19.6. The molecule has 0 heterocycles. The molecule has 0 bridgehead atoms. The smallest absolute Gasteiger partial charge is 0.251 e. The van der Waals surface area contributed by atoms with Crippen molar-refractivity contribution in [2.45, 2.75) is 19.3 Å².